The van der Waals surface area contributed by atoms with Gasteiger partial charge >= 0.3 is 0 Å². The Labute approximate surface area is 130 Å². The predicted octanol–water partition coefficient (Wildman–Crippen LogP) is 4.47. The van der Waals surface area contributed by atoms with Crippen molar-refractivity contribution >= 4 is 11.6 Å². The second kappa shape index (κ2) is 7.53. The van der Waals surface area contributed by atoms with Crippen LogP contribution in [0.5, 0.6) is 0 Å². The molecule has 0 saturated heterocycles. The van der Waals surface area contributed by atoms with Gasteiger partial charge < -0.3 is 5.32 Å². The zero-order chi connectivity index (χ0) is 15.2. The van der Waals surface area contributed by atoms with Gasteiger partial charge in [-0.1, -0.05) is 30.7 Å². The summed E-state index contributed by atoms with van der Waals surface area (Å²) in [6.45, 7) is 4.95. The topological polar surface area (TPSA) is 24.9 Å². The van der Waals surface area contributed by atoms with E-state index in [4.69, 9.17) is 11.6 Å². The zero-order valence-electron chi connectivity index (χ0n) is 12.4. The van der Waals surface area contributed by atoms with Crippen LogP contribution >= 0.6 is 11.6 Å². The Hall–Kier alpha value is -1.45. The van der Waals surface area contributed by atoms with Gasteiger partial charge in [-0.15, -0.1) is 0 Å². The van der Waals surface area contributed by atoms with Gasteiger partial charge in [-0.3, -0.25) is 4.98 Å². The number of nitrogens with zero attached hydrogens (tertiary/aromatic N) is 1. The van der Waals surface area contributed by atoms with Gasteiger partial charge in [-0.2, -0.15) is 0 Å². The van der Waals surface area contributed by atoms with Crippen LogP contribution < -0.4 is 5.32 Å². The highest BCUT2D eigenvalue weighted by molar-refractivity contribution is 6.30. The fraction of sp³-hybridized carbons (Fsp3) is 0.353. The Morgan fingerprint density at radius 1 is 1.29 bits per heavy atom. The van der Waals surface area contributed by atoms with E-state index in [-0.39, 0.29) is 11.9 Å². The van der Waals surface area contributed by atoms with Crippen molar-refractivity contribution in [3.8, 4) is 0 Å². The van der Waals surface area contributed by atoms with Gasteiger partial charge in [0.25, 0.3) is 0 Å². The van der Waals surface area contributed by atoms with Crippen molar-refractivity contribution in [1.82, 2.24) is 10.3 Å². The first-order chi connectivity index (χ1) is 10.1. The van der Waals surface area contributed by atoms with Crippen molar-refractivity contribution in [3.05, 3.63) is 64.2 Å². The van der Waals surface area contributed by atoms with E-state index < -0.39 is 0 Å². The summed E-state index contributed by atoms with van der Waals surface area (Å²) in [5.74, 6) is -0.258. The summed E-state index contributed by atoms with van der Waals surface area (Å²) in [5.41, 5.74) is 2.71. The normalized spacial score (nSPS) is 12.4. The van der Waals surface area contributed by atoms with Crippen LogP contribution in [0, 0.1) is 12.7 Å². The maximum absolute atomic E-state index is 14.0. The average molecular weight is 307 g/mol. The molecule has 0 amide bonds. The molecule has 1 unspecified atom stereocenters. The van der Waals surface area contributed by atoms with Crippen LogP contribution in [0.2, 0.25) is 5.02 Å². The standard InChI is InChI=1S/C17H20ClFN2/c1-3-8-20-17(14-5-4-12(2)21-11-14)9-13-6-7-15(18)10-16(13)19/h4-7,10-11,17,20H,3,8-9H2,1-2H3. The minimum absolute atomic E-state index is 0.0497. The van der Waals surface area contributed by atoms with E-state index in [1.165, 1.54) is 6.07 Å². The fourth-order valence-electron chi connectivity index (χ4n) is 2.22. The van der Waals surface area contributed by atoms with E-state index in [1.807, 2.05) is 25.3 Å². The van der Waals surface area contributed by atoms with Crippen molar-refractivity contribution < 1.29 is 4.39 Å². The summed E-state index contributed by atoms with van der Waals surface area (Å²) in [5, 5.41) is 3.88. The summed E-state index contributed by atoms with van der Waals surface area (Å²) in [4.78, 5) is 4.33. The van der Waals surface area contributed by atoms with Crippen molar-refractivity contribution in [2.75, 3.05) is 6.54 Å². The second-order valence-corrected chi connectivity index (χ2v) is 5.62. The molecular formula is C17H20ClFN2. The third-order valence-electron chi connectivity index (χ3n) is 3.42. The third kappa shape index (κ3) is 4.51. The zero-order valence-corrected chi connectivity index (χ0v) is 13.1. The first-order valence-corrected chi connectivity index (χ1v) is 7.57. The molecule has 0 radical (unpaired) electrons. The number of hydrogen-bond acceptors (Lipinski definition) is 2. The highest BCUT2D eigenvalue weighted by atomic mass is 35.5. The highest BCUT2D eigenvalue weighted by Gasteiger charge is 2.14. The van der Waals surface area contributed by atoms with Crippen molar-refractivity contribution in [2.24, 2.45) is 0 Å². The van der Waals surface area contributed by atoms with Gasteiger partial charge in [-0.05, 0) is 55.6 Å². The molecule has 0 saturated carbocycles. The van der Waals surface area contributed by atoms with Crippen molar-refractivity contribution in [2.45, 2.75) is 32.7 Å². The molecule has 0 aliphatic rings. The van der Waals surface area contributed by atoms with E-state index >= 15 is 0 Å². The molecule has 1 aromatic carbocycles. The molecule has 2 aromatic rings. The van der Waals surface area contributed by atoms with Crippen LogP contribution in [0.3, 0.4) is 0 Å². The number of nitrogens with one attached hydrogen (secondary N) is 1. The van der Waals surface area contributed by atoms with Gasteiger partial charge in [0.15, 0.2) is 0 Å². The van der Waals surface area contributed by atoms with E-state index in [2.05, 4.69) is 17.2 Å². The number of hydrogen-bond donors (Lipinski definition) is 1. The first kappa shape index (κ1) is 15.9. The average Bonchev–Trinajstić information content (AvgIpc) is 2.46. The number of aromatic nitrogens is 1. The second-order valence-electron chi connectivity index (χ2n) is 5.18. The number of halogens is 2. The number of rotatable bonds is 6. The monoisotopic (exact) mass is 306 g/mol. The van der Waals surface area contributed by atoms with Crippen LogP contribution in [0.1, 0.15) is 36.2 Å². The smallest absolute Gasteiger partial charge is 0.127 e. The molecule has 112 valence electrons. The summed E-state index contributed by atoms with van der Waals surface area (Å²) < 4.78 is 14.0. The van der Waals surface area contributed by atoms with E-state index in [0.717, 1.165) is 24.2 Å². The van der Waals surface area contributed by atoms with E-state index in [1.54, 1.807) is 12.1 Å². The minimum atomic E-state index is -0.258. The SMILES string of the molecule is CCCNC(Cc1ccc(Cl)cc1F)c1ccc(C)nc1. The van der Waals surface area contributed by atoms with E-state index in [0.29, 0.717) is 17.0 Å². The summed E-state index contributed by atoms with van der Waals surface area (Å²) in [6.07, 6.45) is 3.46. The molecule has 2 rings (SSSR count). The summed E-state index contributed by atoms with van der Waals surface area (Å²) in [7, 11) is 0. The molecule has 4 heteroatoms. The number of pyridine rings is 1. The lowest BCUT2D eigenvalue weighted by Crippen LogP contribution is -2.24. The van der Waals surface area contributed by atoms with Crippen LogP contribution in [0.4, 0.5) is 4.39 Å². The Kier molecular flexibility index (Phi) is 5.71. The van der Waals surface area contributed by atoms with Crippen LogP contribution in [-0.2, 0) is 6.42 Å². The molecule has 21 heavy (non-hydrogen) atoms. The molecule has 2 nitrogen and oxygen atoms in total. The van der Waals surface area contributed by atoms with Gasteiger partial charge in [-0.25, -0.2) is 4.39 Å². The van der Waals surface area contributed by atoms with Crippen LogP contribution in [0.25, 0.3) is 0 Å². The van der Waals surface area contributed by atoms with Crippen molar-refractivity contribution in [3.63, 3.8) is 0 Å². The Morgan fingerprint density at radius 3 is 2.71 bits per heavy atom. The summed E-state index contributed by atoms with van der Waals surface area (Å²) >= 11 is 5.81. The van der Waals surface area contributed by atoms with Crippen molar-refractivity contribution in [1.29, 1.82) is 0 Å². The maximum Gasteiger partial charge on any atom is 0.127 e. The Morgan fingerprint density at radius 2 is 2.10 bits per heavy atom. The van der Waals surface area contributed by atoms with Gasteiger partial charge in [0.1, 0.15) is 5.82 Å². The molecular weight excluding hydrogens is 287 g/mol. The molecule has 0 bridgehead atoms. The molecule has 0 aliphatic carbocycles. The first-order valence-electron chi connectivity index (χ1n) is 7.20. The summed E-state index contributed by atoms with van der Waals surface area (Å²) in [6, 6.07) is 8.91. The molecule has 0 fully saturated rings. The lowest BCUT2D eigenvalue weighted by atomic mass is 9.99. The number of aryl methyl sites for hydroxylation is 1. The third-order valence-corrected chi connectivity index (χ3v) is 3.65. The van der Waals surface area contributed by atoms with E-state index in [9.17, 15) is 4.39 Å². The molecule has 1 atom stereocenters. The van der Waals surface area contributed by atoms with Crippen LogP contribution in [0.15, 0.2) is 36.5 Å². The molecule has 1 N–H and O–H groups in total. The maximum atomic E-state index is 14.0. The van der Waals surface area contributed by atoms with Crippen LogP contribution in [-0.4, -0.2) is 11.5 Å². The largest absolute Gasteiger partial charge is 0.310 e. The molecule has 0 spiro atoms. The lowest BCUT2D eigenvalue weighted by Gasteiger charge is -2.19. The molecule has 0 aliphatic heterocycles. The minimum Gasteiger partial charge on any atom is -0.310 e. The Bertz CT molecular complexity index is 584. The fourth-order valence-corrected chi connectivity index (χ4v) is 2.38. The Balaban J connectivity index is 2.21. The highest BCUT2D eigenvalue weighted by Crippen LogP contribution is 2.22. The predicted molar refractivity (Wildman–Crippen MR) is 85.1 cm³/mol. The van der Waals surface area contributed by atoms with Gasteiger partial charge in [0.2, 0.25) is 0 Å². The lowest BCUT2D eigenvalue weighted by molar-refractivity contribution is 0.512. The number of benzene rings is 1. The van der Waals surface area contributed by atoms with Gasteiger partial charge in [0, 0.05) is 23.0 Å². The van der Waals surface area contributed by atoms with Gasteiger partial charge in [0.05, 0.1) is 0 Å². The molecule has 1 heterocycles. The quantitative estimate of drug-likeness (QED) is 0.852. The molecule has 1 aromatic heterocycles.